The molecule has 112 valence electrons. The number of hydrogen-bond donors (Lipinski definition) is 1. The summed E-state index contributed by atoms with van der Waals surface area (Å²) in [6.07, 6.45) is -4.39. The molecule has 6 heteroatoms. The van der Waals surface area contributed by atoms with Crippen LogP contribution >= 0.6 is 15.9 Å². The van der Waals surface area contributed by atoms with Gasteiger partial charge in [-0.1, -0.05) is 22.0 Å². The highest BCUT2D eigenvalue weighted by molar-refractivity contribution is 9.10. The Morgan fingerprint density at radius 3 is 2.48 bits per heavy atom. The Morgan fingerprint density at radius 2 is 1.81 bits per heavy atom. The van der Waals surface area contributed by atoms with Crippen LogP contribution in [0, 0.1) is 12.7 Å². The maximum absolute atomic E-state index is 13.1. The fraction of sp³-hybridized carbons (Fsp3) is 0.200. The zero-order valence-corrected chi connectivity index (χ0v) is 12.6. The van der Waals surface area contributed by atoms with E-state index < -0.39 is 17.6 Å². The van der Waals surface area contributed by atoms with Gasteiger partial charge in [0.25, 0.3) is 0 Å². The van der Waals surface area contributed by atoms with Gasteiger partial charge >= 0.3 is 6.18 Å². The molecule has 21 heavy (non-hydrogen) atoms. The molecule has 0 atom stereocenters. The molecule has 2 aromatic rings. The van der Waals surface area contributed by atoms with Crippen LogP contribution in [0.3, 0.4) is 0 Å². The van der Waals surface area contributed by atoms with Crippen molar-refractivity contribution in [3.63, 3.8) is 0 Å². The highest BCUT2D eigenvalue weighted by Gasteiger charge is 2.32. The van der Waals surface area contributed by atoms with Crippen molar-refractivity contribution in [2.24, 2.45) is 0 Å². The van der Waals surface area contributed by atoms with Gasteiger partial charge < -0.3 is 5.32 Å². The van der Waals surface area contributed by atoms with Crippen molar-refractivity contribution in [3.05, 3.63) is 63.4 Å². The molecule has 0 fully saturated rings. The monoisotopic (exact) mass is 361 g/mol. The van der Waals surface area contributed by atoms with Crippen molar-refractivity contribution >= 4 is 21.6 Å². The van der Waals surface area contributed by atoms with E-state index in [4.69, 9.17) is 0 Å². The van der Waals surface area contributed by atoms with Crippen molar-refractivity contribution < 1.29 is 17.6 Å². The molecule has 0 saturated carbocycles. The summed E-state index contributed by atoms with van der Waals surface area (Å²) in [5.74, 6) is -0.394. The Labute approximate surface area is 128 Å². The molecule has 0 spiro atoms. The molecule has 0 aliphatic carbocycles. The van der Waals surface area contributed by atoms with E-state index >= 15 is 0 Å². The van der Waals surface area contributed by atoms with Gasteiger partial charge in [-0.2, -0.15) is 13.2 Å². The fourth-order valence-corrected chi connectivity index (χ4v) is 2.30. The van der Waals surface area contributed by atoms with Crippen LogP contribution in [0.25, 0.3) is 0 Å². The molecule has 2 rings (SSSR count). The zero-order chi connectivity index (χ0) is 15.6. The van der Waals surface area contributed by atoms with E-state index in [9.17, 15) is 17.6 Å². The van der Waals surface area contributed by atoms with Crippen LogP contribution in [0.1, 0.15) is 16.7 Å². The van der Waals surface area contributed by atoms with Crippen LogP contribution in [0.5, 0.6) is 0 Å². The minimum Gasteiger partial charge on any atom is -0.381 e. The Balaban J connectivity index is 2.19. The predicted molar refractivity (Wildman–Crippen MR) is 77.6 cm³/mol. The molecule has 0 saturated heterocycles. The maximum atomic E-state index is 13.1. The standard InChI is InChI=1S/C15H12BrF4N/c1-9-2-4-12(7-13(9)15(18,19)20)21-8-10-6-11(17)3-5-14(10)16/h2-7,21H,8H2,1H3. The van der Waals surface area contributed by atoms with E-state index in [1.165, 1.54) is 25.1 Å². The number of aryl methyl sites for hydroxylation is 1. The molecule has 1 nitrogen and oxygen atoms in total. The third-order valence-corrected chi connectivity index (χ3v) is 3.81. The number of benzene rings is 2. The molecule has 0 unspecified atom stereocenters. The van der Waals surface area contributed by atoms with Crippen molar-refractivity contribution in [2.45, 2.75) is 19.6 Å². The summed E-state index contributed by atoms with van der Waals surface area (Å²) in [5, 5.41) is 2.87. The minimum atomic E-state index is -4.39. The van der Waals surface area contributed by atoms with Gasteiger partial charge in [-0.15, -0.1) is 0 Å². The molecule has 0 aliphatic rings. The lowest BCUT2D eigenvalue weighted by Crippen LogP contribution is -2.09. The zero-order valence-electron chi connectivity index (χ0n) is 11.1. The SMILES string of the molecule is Cc1ccc(NCc2cc(F)ccc2Br)cc1C(F)(F)F. The van der Waals surface area contributed by atoms with Crippen molar-refractivity contribution in [2.75, 3.05) is 5.32 Å². The summed E-state index contributed by atoms with van der Waals surface area (Å²) < 4.78 is 52.3. The summed E-state index contributed by atoms with van der Waals surface area (Å²) in [5.41, 5.74) is 0.457. The quantitative estimate of drug-likeness (QED) is 0.709. The molecule has 0 bridgehead atoms. The number of rotatable bonds is 3. The van der Waals surface area contributed by atoms with Gasteiger partial charge in [0.2, 0.25) is 0 Å². The van der Waals surface area contributed by atoms with Crippen LogP contribution in [0.15, 0.2) is 40.9 Å². The van der Waals surface area contributed by atoms with E-state index in [0.717, 1.165) is 6.07 Å². The van der Waals surface area contributed by atoms with Crippen molar-refractivity contribution in [1.29, 1.82) is 0 Å². The van der Waals surface area contributed by atoms with E-state index in [1.807, 2.05) is 0 Å². The van der Waals surface area contributed by atoms with Gasteiger partial charge in [-0.25, -0.2) is 4.39 Å². The first-order chi connectivity index (χ1) is 9.77. The Bertz CT molecular complexity index is 653. The number of alkyl halides is 3. The lowest BCUT2D eigenvalue weighted by molar-refractivity contribution is -0.138. The van der Waals surface area contributed by atoms with Crippen molar-refractivity contribution in [3.8, 4) is 0 Å². The average Bonchev–Trinajstić information content (AvgIpc) is 2.40. The lowest BCUT2D eigenvalue weighted by Gasteiger charge is -2.14. The maximum Gasteiger partial charge on any atom is 0.416 e. The number of anilines is 1. The number of nitrogens with one attached hydrogen (secondary N) is 1. The van der Waals surface area contributed by atoms with Crippen LogP contribution < -0.4 is 5.32 Å². The van der Waals surface area contributed by atoms with Gasteiger partial charge in [-0.05, 0) is 48.4 Å². The Morgan fingerprint density at radius 1 is 1.10 bits per heavy atom. The number of hydrogen-bond acceptors (Lipinski definition) is 1. The van der Waals surface area contributed by atoms with Crippen LogP contribution in [0.4, 0.5) is 23.2 Å². The third kappa shape index (κ3) is 3.97. The molecule has 0 amide bonds. The molecule has 0 aromatic heterocycles. The first kappa shape index (κ1) is 15.8. The first-order valence-electron chi connectivity index (χ1n) is 6.13. The smallest absolute Gasteiger partial charge is 0.381 e. The second-order valence-corrected chi connectivity index (χ2v) is 5.47. The molecule has 0 radical (unpaired) electrons. The Hall–Kier alpha value is -1.56. The predicted octanol–water partition coefficient (Wildman–Crippen LogP) is 5.53. The van der Waals surface area contributed by atoms with Crippen molar-refractivity contribution in [1.82, 2.24) is 0 Å². The summed E-state index contributed by atoms with van der Waals surface area (Å²) in [7, 11) is 0. The summed E-state index contributed by atoms with van der Waals surface area (Å²) >= 11 is 3.28. The van der Waals surface area contributed by atoms with Gasteiger partial charge in [0.1, 0.15) is 5.82 Å². The summed E-state index contributed by atoms with van der Waals surface area (Å²) in [6.45, 7) is 1.63. The van der Waals surface area contributed by atoms with E-state index in [-0.39, 0.29) is 12.1 Å². The van der Waals surface area contributed by atoms with Crippen LogP contribution in [-0.2, 0) is 12.7 Å². The molecular formula is C15H12BrF4N. The highest BCUT2D eigenvalue weighted by Crippen LogP contribution is 2.33. The first-order valence-corrected chi connectivity index (χ1v) is 6.92. The van der Waals surface area contributed by atoms with E-state index in [1.54, 1.807) is 12.1 Å². The molecule has 0 heterocycles. The molecule has 1 N–H and O–H groups in total. The summed E-state index contributed by atoms with van der Waals surface area (Å²) in [6, 6.07) is 8.23. The Kier molecular flexibility index (Phi) is 4.56. The van der Waals surface area contributed by atoms with Gasteiger partial charge in [0.15, 0.2) is 0 Å². The van der Waals surface area contributed by atoms with Gasteiger partial charge in [-0.3, -0.25) is 0 Å². The van der Waals surface area contributed by atoms with Crippen LogP contribution in [-0.4, -0.2) is 0 Å². The van der Waals surface area contributed by atoms with Gasteiger partial charge in [0, 0.05) is 16.7 Å². The largest absolute Gasteiger partial charge is 0.416 e. The molecule has 2 aromatic carbocycles. The van der Waals surface area contributed by atoms with E-state index in [2.05, 4.69) is 21.2 Å². The normalized spacial score (nSPS) is 11.5. The van der Waals surface area contributed by atoms with Crippen LogP contribution in [0.2, 0.25) is 0 Å². The summed E-state index contributed by atoms with van der Waals surface area (Å²) in [4.78, 5) is 0. The second kappa shape index (κ2) is 6.05. The average molecular weight is 362 g/mol. The number of halogens is 5. The highest BCUT2D eigenvalue weighted by atomic mass is 79.9. The third-order valence-electron chi connectivity index (χ3n) is 3.03. The second-order valence-electron chi connectivity index (χ2n) is 4.62. The molecular weight excluding hydrogens is 350 g/mol. The fourth-order valence-electron chi connectivity index (χ4n) is 1.91. The van der Waals surface area contributed by atoms with Gasteiger partial charge in [0.05, 0.1) is 5.56 Å². The lowest BCUT2D eigenvalue weighted by atomic mass is 10.1. The van der Waals surface area contributed by atoms with E-state index in [0.29, 0.717) is 15.7 Å². The minimum absolute atomic E-state index is 0.167. The topological polar surface area (TPSA) is 12.0 Å². The molecule has 0 aliphatic heterocycles.